The Morgan fingerprint density at radius 2 is 1.97 bits per heavy atom. The van der Waals surface area contributed by atoms with E-state index in [9.17, 15) is 4.79 Å². The van der Waals surface area contributed by atoms with Gasteiger partial charge >= 0.3 is 0 Å². The average molecular weight is 430 g/mol. The largest absolute Gasteiger partial charge is 0.496 e. The average Bonchev–Trinajstić information content (AvgIpc) is 3.12. The van der Waals surface area contributed by atoms with E-state index in [1.165, 1.54) is 0 Å². The van der Waals surface area contributed by atoms with Crippen LogP contribution in [0, 0.1) is 0 Å². The molecule has 3 aromatic rings. The minimum absolute atomic E-state index is 0.382. The van der Waals surface area contributed by atoms with E-state index < -0.39 is 11.9 Å². The summed E-state index contributed by atoms with van der Waals surface area (Å²) in [5.74, 6) is 0.973. The molecule has 0 spiro atoms. The first-order valence-corrected chi connectivity index (χ1v) is 9.48. The zero-order chi connectivity index (χ0) is 20.7. The first kappa shape index (κ1) is 19.3. The number of ether oxygens (including phenoxy) is 1. The van der Waals surface area contributed by atoms with Gasteiger partial charge in [-0.2, -0.15) is 4.98 Å². The molecule has 7 nitrogen and oxygen atoms in total. The molecular weight excluding hydrogens is 413 g/mol. The van der Waals surface area contributed by atoms with Gasteiger partial charge in [0.2, 0.25) is 11.9 Å². The van der Waals surface area contributed by atoms with Gasteiger partial charge in [0.15, 0.2) is 5.82 Å². The van der Waals surface area contributed by atoms with Crippen molar-refractivity contribution in [1.29, 1.82) is 0 Å². The third kappa shape index (κ3) is 3.32. The minimum atomic E-state index is -0.594. The summed E-state index contributed by atoms with van der Waals surface area (Å²) in [4.78, 5) is 16.9. The third-order valence-electron chi connectivity index (χ3n) is 4.73. The molecule has 0 saturated heterocycles. The number of nitrogens with two attached hydrogens (primary N) is 1. The number of rotatable bonds is 4. The highest BCUT2D eigenvalue weighted by molar-refractivity contribution is 6.42. The lowest BCUT2D eigenvalue weighted by molar-refractivity contribution is -0.115. The first-order chi connectivity index (χ1) is 13.9. The van der Waals surface area contributed by atoms with Crippen LogP contribution >= 0.6 is 23.2 Å². The van der Waals surface area contributed by atoms with Gasteiger partial charge in [-0.15, -0.1) is 5.10 Å². The van der Waals surface area contributed by atoms with E-state index in [0.717, 1.165) is 5.56 Å². The Morgan fingerprint density at radius 1 is 1.21 bits per heavy atom. The molecular formula is C20H17Cl2N5O2. The molecule has 1 aliphatic rings. The number of hydrogen-bond donors (Lipinski definition) is 2. The fraction of sp³-hybridized carbons (Fsp3) is 0.150. The lowest BCUT2D eigenvalue weighted by Gasteiger charge is -2.28. The van der Waals surface area contributed by atoms with Gasteiger partial charge in [0.1, 0.15) is 11.8 Å². The molecule has 0 bridgehead atoms. The Hall–Kier alpha value is -3.03. The van der Waals surface area contributed by atoms with Crippen molar-refractivity contribution in [1.82, 2.24) is 14.8 Å². The Balaban J connectivity index is 1.91. The van der Waals surface area contributed by atoms with Gasteiger partial charge in [-0.05, 0) is 31.2 Å². The number of para-hydroxylation sites is 1. The number of amides is 1. The number of primary amides is 1. The number of carbonyl (C=O) groups is 1. The van der Waals surface area contributed by atoms with Crippen molar-refractivity contribution >= 4 is 35.1 Å². The Kier molecular flexibility index (Phi) is 4.94. The molecule has 148 valence electrons. The van der Waals surface area contributed by atoms with E-state index in [1.807, 2.05) is 24.3 Å². The number of allylic oxidation sites excluding steroid dienone is 1. The van der Waals surface area contributed by atoms with E-state index in [4.69, 9.17) is 33.7 Å². The molecule has 1 amide bonds. The van der Waals surface area contributed by atoms with Crippen LogP contribution in [0.4, 0.5) is 5.95 Å². The van der Waals surface area contributed by atoms with Crippen LogP contribution in [-0.4, -0.2) is 27.8 Å². The van der Waals surface area contributed by atoms with E-state index in [-0.39, 0.29) is 0 Å². The van der Waals surface area contributed by atoms with Gasteiger partial charge in [0.05, 0.1) is 22.7 Å². The number of hydrogen-bond acceptors (Lipinski definition) is 5. The highest BCUT2D eigenvalue weighted by Crippen LogP contribution is 2.39. The second-order valence-corrected chi connectivity index (χ2v) is 7.32. The Bertz CT molecular complexity index is 1160. The third-order valence-corrected chi connectivity index (χ3v) is 5.47. The molecule has 2 heterocycles. The molecule has 9 heteroatoms. The predicted octanol–water partition coefficient (Wildman–Crippen LogP) is 4.03. The standard InChI is InChI=1S/C20H17Cl2N5O2/c1-10-16(18(23)28)17(12-5-3-4-6-15(12)29-2)27-20(24-10)25-19(26-27)11-7-8-13(21)14(22)9-11/h3-9,17H,1-2H3,(H2,23,28)(H,24,25,26). The summed E-state index contributed by atoms with van der Waals surface area (Å²) in [7, 11) is 1.57. The lowest BCUT2D eigenvalue weighted by atomic mass is 9.94. The molecule has 1 aliphatic heterocycles. The maximum atomic E-state index is 12.3. The quantitative estimate of drug-likeness (QED) is 0.652. The second-order valence-electron chi connectivity index (χ2n) is 6.50. The number of carbonyl (C=O) groups excluding carboxylic acids is 1. The van der Waals surface area contributed by atoms with Crippen molar-refractivity contribution in [3.8, 4) is 17.1 Å². The normalized spacial score (nSPS) is 15.7. The summed E-state index contributed by atoms with van der Waals surface area (Å²) in [6.07, 6.45) is 0. The maximum absolute atomic E-state index is 12.3. The maximum Gasteiger partial charge on any atom is 0.248 e. The summed E-state index contributed by atoms with van der Waals surface area (Å²) in [5.41, 5.74) is 8.15. The van der Waals surface area contributed by atoms with Gasteiger partial charge in [-0.1, -0.05) is 41.4 Å². The fourth-order valence-corrected chi connectivity index (χ4v) is 3.71. The van der Waals surface area contributed by atoms with Crippen LogP contribution in [0.15, 0.2) is 53.7 Å². The van der Waals surface area contributed by atoms with Crippen molar-refractivity contribution in [2.45, 2.75) is 13.0 Å². The van der Waals surface area contributed by atoms with Crippen LogP contribution < -0.4 is 15.8 Å². The summed E-state index contributed by atoms with van der Waals surface area (Å²) in [6.45, 7) is 1.78. The molecule has 1 aromatic heterocycles. The van der Waals surface area contributed by atoms with Crippen LogP contribution in [-0.2, 0) is 4.79 Å². The zero-order valence-corrected chi connectivity index (χ0v) is 17.1. The fourth-order valence-electron chi connectivity index (χ4n) is 3.41. The predicted molar refractivity (Wildman–Crippen MR) is 112 cm³/mol. The molecule has 1 unspecified atom stereocenters. The number of benzene rings is 2. The zero-order valence-electron chi connectivity index (χ0n) is 15.6. The molecule has 29 heavy (non-hydrogen) atoms. The molecule has 0 radical (unpaired) electrons. The SMILES string of the molecule is COc1ccccc1C1C(C(N)=O)=C(C)Nc2nc(-c3ccc(Cl)c(Cl)c3)nn21. The van der Waals surface area contributed by atoms with Crippen molar-refractivity contribution in [2.75, 3.05) is 12.4 Å². The molecule has 0 fully saturated rings. The summed E-state index contributed by atoms with van der Waals surface area (Å²) in [5, 5.41) is 8.59. The second kappa shape index (κ2) is 7.42. The summed E-state index contributed by atoms with van der Waals surface area (Å²) in [6, 6.07) is 12.0. The van der Waals surface area contributed by atoms with E-state index in [1.54, 1.807) is 36.9 Å². The highest BCUT2D eigenvalue weighted by atomic mass is 35.5. The topological polar surface area (TPSA) is 95.1 Å². The number of anilines is 1. The van der Waals surface area contributed by atoms with E-state index >= 15 is 0 Å². The molecule has 0 saturated carbocycles. The van der Waals surface area contributed by atoms with E-state index in [0.29, 0.717) is 44.4 Å². The number of nitrogens with zero attached hydrogens (tertiary/aromatic N) is 3. The van der Waals surface area contributed by atoms with Gasteiger partial charge < -0.3 is 15.8 Å². The molecule has 0 aliphatic carbocycles. The number of nitrogens with one attached hydrogen (secondary N) is 1. The smallest absolute Gasteiger partial charge is 0.248 e. The van der Waals surface area contributed by atoms with E-state index in [2.05, 4.69) is 15.4 Å². The van der Waals surface area contributed by atoms with Crippen LogP contribution in [0.3, 0.4) is 0 Å². The Morgan fingerprint density at radius 3 is 2.66 bits per heavy atom. The number of halogens is 2. The van der Waals surface area contributed by atoms with Crippen LogP contribution in [0.2, 0.25) is 10.0 Å². The van der Waals surface area contributed by atoms with Gasteiger partial charge in [0, 0.05) is 16.8 Å². The molecule has 4 rings (SSSR count). The minimum Gasteiger partial charge on any atom is -0.496 e. The van der Waals surface area contributed by atoms with Crippen molar-refractivity contribution in [3.05, 3.63) is 69.3 Å². The Labute approximate surface area is 177 Å². The summed E-state index contributed by atoms with van der Waals surface area (Å²) < 4.78 is 7.14. The van der Waals surface area contributed by atoms with Gasteiger partial charge in [-0.25, -0.2) is 4.68 Å². The lowest BCUT2D eigenvalue weighted by Crippen LogP contribution is -2.32. The molecule has 1 atom stereocenters. The van der Waals surface area contributed by atoms with Crippen LogP contribution in [0.1, 0.15) is 18.5 Å². The van der Waals surface area contributed by atoms with Gasteiger partial charge in [0.25, 0.3) is 0 Å². The first-order valence-electron chi connectivity index (χ1n) is 8.73. The highest BCUT2D eigenvalue weighted by Gasteiger charge is 2.35. The summed E-state index contributed by atoms with van der Waals surface area (Å²) >= 11 is 12.2. The van der Waals surface area contributed by atoms with Crippen LogP contribution in [0.5, 0.6) is 5.75 Å². The number of methoxy groups -OCH3 is 1. The molecule has 3 N–H and O–H groups in total. The number of fused-ring (bicyclic) bond motifs is 1. The van der Waals surface area contributed by atoms with Crippen LogP contribution in [0.25, 0.3) is 11.4 Å². The van der Waals surface area contributed by atoms with Crippen molar-refractivity contribution < 1.29 is 9.53 Å². The van der Waals surface area contributed by atoms with Gasteiger partial charge in [-0.3, -0.25) is 4.79 Å². The number of aromatic nitrogens is 3. The molecule has 2 aromatic carbocycles. The monoisotopic (exact) mass is 429 g/mol. The van der Waals surface area contributed by atoms with Crippen molar-refractivity contribution in [2.24, 2.45) is 5.73 Å². The van der Waals surface area contributed by atoms with Crippen molar-refractivity contribution in [3.63, 3.8) is 0 Å².